The van der Waals surface area contributed by atoms with Gasteiger partial charge in [-0.2, -0.15) is 0 Å². The highest BCUT2D eigenvalue weighted by Gasteiger charge is 2.30. The molecule has 2 unspecified atom stereocenters. The van der Waals surface area contributed by atoms with Crippen LogP contribution in [0, 0.1) is 5.82 Å². The van der Waals surface area contributed by atoms with Crippen LogP contribution in [-0.4, -0.2) is 23.5 Å². The summed E-state index contributed by atoms with van der Waals surface area (Å²) in [6.07, 6.45) is 2.94. The lowest BCUT2D eigenvalue weighted by atomic mass is 9.99. The summed E-state index contributed by atoms with van der Waals surface area (Å²) in [6, 6.07) is 8.16. The number of carbonyl (C=O) groups is 1. The van der Waals surface area contributed by atoms with Crippen LogP contribution in [0.2, 0.25) is 0 Å². The molecular weight excluding hydrogens is 375 g/mol. The third kappa shape index (κ3) is 3.20. The van der Waals surface area contributed by atoms with Crippen molar-refractivity contribution >= 4 is 28.1 Å². The van der Waals surface area contributed by atoms with Gasteiger partial charge in [0, 0.05) is 28.3 Å². The Morgan fingerprint density at radius 2 is 2.18 bits per heavy atom. The maximum Gasteiger partial charge on any atom is 0.252 e. The average molecular weight is 396 g/mol. The zero-order valence-electron chi connectivity index (χ0n) is 15.6. The summed E-state index contributed by atoms with van der Waals surface area (Å²) in [5, 5.41) is 5.71. The van der Waals surface area contributed by atoms with Crippen molar-refractivity contribution in [3.63, 3.8) is 0 Å². The molecule has 5 rings (SSSR count). The Morgan fingerprint density at radius 1 is 1.32 bits per heavy atom. The van der Waals surface area contributed by atoms with Crippen LogP contribution in [0.4, 0.5) is 4.39 Å². The van der Waals surface area contributed by atoms with Gasteiger partial charge in [0.2, 0.25) is 0 Å². The Balaban J connectivity index is 1.47. The molecule has 0 bridgehead atoms. The molecule has 0 radical (unpaired) electrons. The summed E-state index contributed by atoms with van der Waals surface area (Å²) in [7, 11) is 0. The fourth-order valence-corrected chi connectivity index (χ4v) is 4.84. The first kappa shape index (κ1) is 17.8. The van der Waals surface area contributed by atoms with Gasteiger partial charge in [-0.15, -0.1) is 11.3 Å². The zero-order chi connectivity index (χ0) is 19.3. The molecule has 0 spiro atoms. The maximum absolute atomic E-state index is 13.9. The molecule has 144 valence electrons. The van der Waals surface area contributed by atoms with Crippen molar-refractivity contribution < 1.29 is 13.9 Å². The molecule has 1 fully saturated rings. The number of ether oxygens (including phenoxy) is 1. The number of pyridine rings is 1. The van der Waals surface area contributed by atoms with E-state index in [4.69, 9.17) is 4.74 Å². The van der Waals surface area contributed by atoms with Gasteiger partial charge in [0.25, 0.3) is 5.91 Å². The molecule has 1 aliphatic heterocycles. The molecule has 1 N–H and O–H groups in total. The van der Waals surface area contributed by atoms with Gasteiger partial charge >= 0.3 is 0 Å². The number of benzene rings is 1. The Bertz CT molecular complexity index is 1060. The summed E-state index contributed by atoms with van der Waals surface area (Å²) in [4.78, 5) is 19.1. The minimum atomic E-state index is -0.367. The van der Waals surface area contributed by atoms with Crippen molar-refractivity contribution in [1.29, 1.82) is 0 Å². The van der Waals surface area contributed by atoms with E-state index in [9.17, 15) is 9.18 Å². The molecule has 4 nitrogen and oxygen atoms in total. The number of hydrogen-bond acceptors (Lipinski definition) is 4. The van der Waals surface area contributed by atoms with Crippen LogP contribution in [0.15, 0.2) is 35.7 Å². The molecule has 2 aromatic heterocycles. The van der Waals surface area contributed by atoms with Crippen molar-refractivity contribution in [1.82, 2.24) is 10.3 Å². The number of hydrogen-bond donors (Lipinski definition) is 1. The van der Waals surface area contributed by atoms with Gasteiger partial charge in [0.15, 0.2) is 0 Å². The van der Waals surface area contributed by atoms with Crippen molar-refractivity contribution in [2.45, 2.75) is 44.2 Å². The Kier molecular flexibility index (Phi) is 4.40. The van der Waals surface area contributed by atoms with Crippen molar-refractivity contribution in [2.24, 2.45) is 0 Å². The third-order valence-corrected chi connectivity index (χ3v) is 6.55. The minimum Gasteiger partial charge on any atom is -0.371 e. The second-order valence-corrected chi connectivity index (χ2v) is 8.63. The summed E-state index contributed by atoms with van der Waals surface area (Å²) in [6.45, 7) is 2.62. The average Bonchev–Trinajstić information content (AvgIpc) is 3.43. The lowest BCUT2D eigenvalue weighted by Crippen LogP contribution is -2.39. The topological polar surface area (TPSA) is 51.2 Å². The van der Waals surface area contributed by atoms with Crippen molar-refractivity contribution in [3.8, 4) is 0 Å². The first-order valence-corrected chi connectivity index (χ1v) is 10.6. The molecular formula is C22H21FN2O2S. The van der Waals surface area contributed by atoms with Gasteiger partial charge in [-0.25, -0.2) is 4.39 Å². The van der Waals surface area contributed by atoms with E-state index in [0.717, 1.165) is 30.5 Å². The largest absolute Gasteiger partial charge is 0.371 e. The summed E-state index contributed by atoms with van der Waals surface area (Å²) in [5.41, 5.74) is 3.23. The summed E-state index contributed by atoms with van der Waals surface area (Å²) >= 11 is 1.73. The van der Waals surface area contributed by atoms with E-state index < -0.39 is 0 Å². The van der Waals surface area contributed by atoms with Crippen LogP contribution < -0.4 is 5.32 Å². The van der Waals surface area contributed by atoms with E-state index in [0.29, 0.717) is 29.0 Å². The van der Waals surface area contributed by atoms with Crippen LogP contribution in [0.1, 0.15) is 58.3 Å². The molecule has 6 heteroatoms. The number of nitrogens with one attached hydrogen (secondary N) is 1. The zero-order valence-corrected chi connectivity index (χ0v) is 16.4. The predicted molar refractivity (Wildman–Crippen MR) is 107 cm³/mol. The Morgan fingerprint density at radius 3 is 3.00 bits per heavy atom. The fourth-order valence-electron chi connectivity index (χ4n) is 3.94. The number of halogens is 1. The molecule has 2 atom stereocenters. The molecule has 1 amide bonds. The van der Waals surface area contributed by atoms with E-state index >= 15 is 0 Å². The molecule has 3 aromatic rings. The number of carbonyl (C=O) groups excluding carboxylic acids is 1. The van der Waals surface area contributed by atoms with E-state index in [1.54, 1.807) is 17.4 Å². The molecule has 28 heavy (non-hydrogen) atoms. The molecule has 3 heterocycles. The summed E-state index contributed by atoms with van der Waals surface area (Å²) < 4.78 is 19.8. The second kappa shape index (κ2) is 6.94. The van der Waals surface area contributed by atoms with E-state index in [-0.39, 0.29) is 23.9 Å². The normalized spacial score (nSPS) is 20.0. The Hall–Kier alpha value is -2.31. The molecule has 2 aliphatic rings. The minimum absolute atomic E-state index is 0.160. The highest BCUT2D eigenvalue weighted by Crippen LogP contribution is 2.40. The molecule has 1 aliphatic carbocycles. The van der Waals surface area contributed by atoms with Crippen LogP contribution >= 0.6 is 11.3 Å². The van der Waals surface area contributed by atoms with Gasteiger partial charge in [-0.3, -0.25) is 9.78 Å². The fraction of sp³-hybridized carbons (Fsp3) is 0.364. The number of aromatic nitrogens is 1. The van der Waals surface area contributed by atoms with Gasteiger partial charge in [-0.05, 0) is 61.0 Å². The predicted octanol–water partition coefficient (Wildman–Crippen LogP) is 4.75. The molecule has 1 aromatic carbocycles. The lowest BCUT2D eigenvalue weighted by molar-refractivity contribution is 0.0206. The van der Waals surface area contributed by atoms with Gasteiger partial charge in [0.05, 0.1) is 23.7 Å². The van der Waals surface area contributed by atoms with E-state index in [2.05, 4.69) is 21.7 Å². The van der Waals surface area contributed by atoms with E-state index in [1.165, 1.54) is 17.0 Å². The molecule has 1 saturated carbocycles. The van der Waals surface area contributed by atoms with Crippen LogP contribution in [0.3, 0.4) is 0 Å². The third-order valence-electron chi connectivity index (χ3n) is 5.56. The van der Waals surface area contributed by atoms with Gasteiger partial charge < -0.3 is 10.1 Å². The highest BCUT2D eigenvalue weighted by molar-refractivity contribution is 7.10. The number of thiophene rings is 1. The smallest absolute Gasteiger partial charge is 0.252 e. The monoisotopic (exact) mass is 396 g/mol. The number of nitrogens with zero attached hydrogens (tertiary/aromatic N) is 1. The van der Waals surface area contributed by atoms with E-state index in [1.807, 2.05) is 13.0 Å². The summed E-state index contributed by atoms with van der Waals surface area (Å²) in [5.74, 6) is -0.166. The first-order valence-electron chi connectivity index (χ1n) is 9.69. The number of rotatable bonds is 4. The van der Waals surface area contributed by atoms with Crippen LogP contribution in [0.25, 0.3) is 10.9 Å². The molecule has 0 saturated heterocycles. The maximum atomic E-state index is 13.9. The van der Waals surface area contributed by atoms with Crippen molar-refractivity contribution in [2.75, 3.05) is 6.61 Å². The van der Waals surface area contributed by atoms with Crippen molar-refractivity contribution in [3.05, 3.63) is 63.2 Å². The number of fused-ring (bicyclic) bond motifs is 2. The first-order chi connectivity index (χ1) is 13.6. The van der Waals surface area contributed by atoms with Gasteiger partial charge in [0.1, 0.15) is 11.9 Å². The quantitative estimate of drug-likeness (QED) is 0.693. The van der Waals surface area contributed by atoms with Crippen LogP contribution in [-0.2, 0) is 11.2 Å². The highest BCUT2D eigenvalue weighted by atomic mass is 32.1. The van der Waals surface area contributed by atoms with Crippen LogP contribution in [0.5, 0.6) is 0 Å². The number of amides is 1. The second-order valence-electron chi connectivity index (χ2n) is 7.63. The van der Waals surface area contributed by atoms with Gasteiger partial charge in [-0.1, -0.05) is 0 Å². The standard InChI is InChI=1S/C22H21FN2O2S/c1-12(21-15-7-9-28-20(15)6-8-27-21)24-22(26)17-11-19(13-2-3-13)25-18-5-4-14(23)10-16(17)18/h4-5,7,9-13,21H,2-3,6,8H2,1H3,(H,24,26). The SMILES string of the molecule is CC(NC(=O)c1cc(C2CC2)nc2ccc(F)cc12)C1OCCc2sccc21. The Labute approximate surface area is 166 Å². The lowest BCUT2D eigenvalue weighted by Gasteiger charge is -2.29.